The number of anilines is 1. The van der Waals surface area contributed by atoms with E-state index in [9.17, 15) is 89.4 Å². The van der Waals surface area contributed by atoms with Gasteiger partial charge >= 0.3 is 5.97 Å². The Morgan fingerprint density at radius 3 is 1.73 bits per heavy atom. The molecule has 25 nitrogen and oxygen atoms in total. The van der Waals surface area contributed by atoms with Crippen molar-refractivity contribution in [2.24, 2.45) is 0 Å². The second-order valence-corrected chi connectivity index (χ2v) is 26.4. The maximum absolute atomic E-state index is 14.6. The molecular weight excluding hydrogens is 1120 g/mol. The van der Waals surface area contributed by atoms with E-state index in [0.717, 1.165) is 24.3 Å². The van der Waals surface area contributed by atoms with Gasteiger partial charge in [-0.15, -0.1) is 4.73 Å². The summed E-state index contributed by atoms with van der Waals surface area (Å²) in [6.45, 7) is 4.52. The Morgan fingerprint density at radius 1 is 0.688 bits per heavy atom. The highest BCUT2D eigenvalue weighted by atomic mass is 32.2. The number of carbonyl (C=O) groups is 1. The molecule has 8 rings (SSSR count). The molecule has 0 aliphatic carbocycles. The Labute approximate surface area is 438 Å². The van der Waals surface area contributed by atoms with Gasteiger partial charge in [0.2, 0.25) is 28.3 Å². The number of rotatable bonds is 18. The van der Waals surface area contributed by atoms with E-state index < -0.39 is 132 Å². The first kappa shape index (κ1) is 56.7. The van der Waals surface area contributed by atoms with Gasteiger partial charge < -0.3 is 24.7 Å². The van der Waals surface area contributed by atoms with E-state index >= 15 is 0 Å². The third-order valence-electron chi connectivity index (χ3n) is 13.9. The molecule has 2 aliphatic heterocycles. The summed E-state index contributed by atoms with van der Waals surface area (Å²) >= 11 is 0. The molecule has 0 amide bonds. The lowest BCUT2D eigenvalue weighted by atomic mass is 9.73. The first-order chi connectivity index (χ1) is 35.5. The summed E-state index contributed by atoms with van der Waals surface area (Å²) in [5.41, 5.74) is -3.78. The highest BCUT2D eigenvalue weighted by Gasteiger charge is 2.50. The van der Waals surface area contributed by atoms with E-state index in [1.165, 1.54) is 50.5 Å². The predicted molar refractivity (Wildman–Crippen MR) is 274 cm³/mol. The van der Waals surface area contributed by atoms with E-state index in [1.807, 2.05) is 0 Å². The summed E-state index contributed by atoms with van der Waals surface area (Å²) in [5, 5.41) is 18.5. The molecule has 412 valence electrons. The zero-order chi connectivity index (χ0) is 56.9. The summed E-state index contributed by atoms with van der Waals surface area (Å²) in [6, 6.07) is 9.39. The molecule has 1 aromatic heterocycles. The number of fused-ring (bicyclic) bond motifs is 6. The van der Waals surface area contributed by atoms with Crippen molar-refractivity contribution >= 4 is 107 Å². The molecule has 0 bridgehead atoms. The average Bonchev–Trinajstić information content (AvgIpc) is 3.86. The van der Waals surface area contributed by atoms with Crippen LogP contribution < -0.4 is 31.0 Å². The van der Waals surface area contributed by atoms with Gasteiger partial charge in [0.15, 0.2) is 12.3 Å². The van der Waals surface area contributed by atoms with Crippen LogP contribution in [0.3, 0.4) is 0 Å². The third-order valence-corrected chi connectivity index (χ3v) is 18.2. The number of aromatic nitrogens is 1. The van der Waals surface area contributed by atoms with Crippen molar-refractivity contribution in [1.82, 2.24) is 4.73 Å². The number of ether oxygens (including phenoxy) is 1. The molecule has 0 saturated carbocycles. The number of nitrogens with zero attached hydrogens (tertiary/aromatic N) is 3. The van der Waals surface area contributed by atoms with Crippen molar-refractivity contribution in [2.75, 3.05) is 37.5 Å². The molecule has 77 heavy (non-hydrogen) atoms. The summed E-state index contributed by atoms with van der Waals surface area (Å²) in [6.07, 6.45) is 1.51. The summed E-state index contributed by atoms with van der Waals surface area (Å²) < 4.78 is 183. The second kappa shape index (κ2) is 19.5. The minimum atomic E-state index is -5.21. The Morgan fingerprint density at radius 2 is 1.22 bits per heavy atom. The maximum atomic E-state index is 14.6. The fourth-order valence-electron chi connectivity index (χ4n) is 10.5. The zero-order valence-corrected chi connectivity index (χ0v) is 44.9. The maximum Gasteiger partial charge on any atom is 0.333 e. The lowest BCUT2D eigenvalue weighted by molar-refractivity contribution is -0.440. The van der Waals surface area contributed by atoms with Gasteiger partial charge in [0.25, 0.3) is 50.6 Å². The molecule has 0 fully saturated rings. The highest BCUT2D eigenvalue weighted by Crippen LogP contribution is 2.51. The van der Waals surface area contributed by atoms with Gasteiger partial charge in [0.1, 0.15) is 16.4 Å². The van der Waals surface area contributed by atoms with Crippen LogP contribution in [0.5, 0.6) is 11.8 Å². The topological polar surface area (TPSA) is 393 Å². The predicted octanol–water partition coefficient (Wildman–Crippen LogP) is 1.32. The van der Waals surface area contributed by atoms with Gasteiger partial charge in [0, 0.05) is 71.8 Å². The highest BCUT2D eigenvalue weighted by molar-refractivity contribution is 7.87. The van der Waals surface area contributed by atoms with Crippen LogP contribution >= 0.6 is 0 Å². The smallest absolute Gasteiger partial charge is 0.333 e. The van der Waals surface area contributed by atoms with Crippen LogP contribution in [-0.2, 0) is 71.0 Å². The summed E-state index contributed by atoms with van der Waals surface area (Å²) in [7, 11) is -24.0. The Bertz CT molecular complexity index is 4320. The Balaban J connectivity index is 1.33. The molecule has 0 saturated heterocycles. The Kier molecular flexibility index (Phi) is 14.4. The fraction of sp³-hybridized carbons (Fsp3) is 0.319. The quantitative estimate of drug-likeness (QED) is 0.0471. The number of benzene rings is 4. The summed E-state index contributed by atoms with van der Waals surface area (Å²) in [4.78, 5) is 45.3. The minimum absolute atomic E-state index is 0.0477. The number of carbonyl (C=O) groups excluding carboxylic acids is 1. The van der Waals surface area contributed by atoms with Crippen LogP contribution in [-0.4, -0.2) is 135 Å². The monoisotopic (exact) mass is 1170 g/mol. The van der Waals surface area contributed by atoms with Crippen molar-refractivity contribution in [3.63, 3.8) is 0 Å². The van der Waals surface area contributed by atoms with Crippen LogP contribution in [0.25, 0.3) is 33.7 Å². The molecular formula is C47H48N3O22S5+. The molecule has 6 aromatic rings. The zero-order valence-electron chi connectivity index (χ0n) is 40.8. The van der Waals surface area contributed by atoms with E-state index in [2.05, 4.69) is 0 Å². The fourth-order valence-corrected chi connectivity index (χ4v) is 13.7. The van der Waals surface area contributed by atoms with Crippen LogP contribution in [0.1, 0.15) is 57.6 Å². The van der Waals surface area contributed by atoms with Gasteiger partial charge in [-0.3, -0.25) is 32.4 Å². The molecule has 0 spiro atoms. The average molecular weight is 1170 g/mol. The molecule has 2 atom stereocenters. The van der Waals surface area contributed by atoms with Crippen molar-refractivity contribution < 1.29 is 94.0 Å². The van der Waals surface area contributed by atoms with Gasteiger partial charge in [0.05, 0.1) is 37.4 Å². The SMILES string of the molecule is COCC[N+]1=C(C=c2c(=O)c(=CC3N(CCCC(=O)On4c(O)ccc4O)c4ccc5c(S(=O)(=O)O)cc(S(=O)(=O)O)cc5c4C3(C)C)c2=O)C(C)(CCCS(=O)(=O)O)c2c1ccc1c(S(=O)(=O)O)cc(S(=O)(=O)O)cc21. The molecule has 2 aliphatic rings. The Hall–Kier alpha value is -6.45. The lowest BCUT2D eigenvalue weighted by Gasteiger charge is -2.32. The molecule has 3 heterocycles. The number of hydrogen-bond acceptors (Lipinski definition) is 18. The van der Waals surface area contributed by atoms with Crippen molar-refractivity contribution in [1.29, 1.82) is 0 Å². The number of methoxy groups -OCH3 is 1. The van der Waals surface area contributed by atoms with E-state index in [-0.39, 0.29) is 95.1 Å². The number of hydrogen-bond donors (Lipinski definition) is 7. The first-order valence-electron chi connectivity index (χ1n) is 22.8. The van der Waals surface area contributed by atoms with Crippen molar-refractivity contribution in [3.8, 4) is 11.8 Å². The summed E-state index contributed by atoms with van der Waals surface area (Å²) in [5.74, 6) is -2.95. The standard InChI is InChI=1S/C47H47N3O22S5/c1-46(2)37(48(15-5-7-41(53)72-50-39(51)12-13-40(50)52)33-10-8-27-29(42(33)46)19-25(74(59,60)61)21-35(27)76(65,66)67)23-31-44(54)32(45(31)55)24-38-47(3,14-6-18-73(56,57)58)43-30-20-26(75(62,63)64)22-36(77(68,69)70)28(30)9-11-34(43)49(38)16-17-71-4/h8-13,19-24,37H,5-7,14-18H2,1-4H3,(H6,54,55,56,57,58,59,60,61,62,63,64,65,66,67,68,69,70)/p+1. The normalized spacial score (nSPS) is 17.8. The molecule has 30 heteroatoms. The van der Waals surface area contributed by atoms with E-state index in [0.29, 0.717) is 16.9 Å². The van der Waals surface area contributed by atoms with Crippen LogP contribution in [0.2, 0.25) is 0 Å². The van der Waals surface area contributed by atoms with Gasteiger partial charge in [-0.2, -0.15) is 46.7 Å². The first-order valence-corrected chi connectivity index (χ1v) is 30.2. The van der Waals surface area contributed by atoms with Crippen LogP contribution in [0, 0.1) is 0 Å². The largest absolute Gasteiger partial charge is 0.492 e. The molecule has 0 radical (unpaired) electrons. The molecule has 5 aromatic carbocycles. The van der Waals surface area contributed by atoms with Crippen LogP contribution in [0.4, 0.5) is 11.4 Å². The van der Waals surface area contributed by atoms with Crippen molar-refractivity contribution in [2.45, 2.75) is 82.9 Å². The molecule has 2 unspecified atom stereocenters. The van der Waals surface area contributed by atoms with Gasteiger partial charge in [-0.05, 0) is 85.0 Å². The van der Waals surface area contributed by atoms with Gasteiger partial charge in [-0.25, -0.2) is 4.79 Å². The number of aromatic hydroxyl groups is 2. The van der Waals surface area contributed by atoms with Crippen LogP contribution in [0.15, 0.2) is 89.8 Å². The molecule has 7 N–H and O–H groups in total. The minimum Gasteiger partial charge on any atom is -0.492 e. The third kappa shape index (κ3) is 10.4. The van der Waals surface area contributed by atoms with E-state index in [1.54, 1.807) is 23.3 Å². The van der Waals surface area contributed by atoms with Crippen molar-refractivity contribution in [3.05, 3.63) is 103 Å². The lowest BCUT2D eigenvalue weighted by Crippen LogP contribution is -2.66. The van der Waals surface area contributed by atoms with E-state index in [4.69, 9.17) is 9.57 Å². The van der Waals surface area contributed by atoms with Gasteiger partial charge in [-0.1, -0.05) is 19.9 Å². The second-order valence-electron chi connectivity index (χ2n) is 19.2.